The van der Waals surface area contributed by atoms with Crippen LogP contribution >= 0.6 is 12.2 Å². The third-order valence-corrected chi connectivity index (χ3v) is 5.77. The molecule has 8 heteroatoms. The maximum absolute atomic E-state index is 13.1. The van der Waals surface area contributed by atoms with Gasteiger partial charge in [-0.25, -0.2) is 4.79 Å². The van der Waals surface area contributed by atoms with E-state index in [0.717, 1.165) is 31.2 Å². The van der Waals surface area contributed by atoms with Crippen molar-refractivity contribution in [2.24, 2.45) is 0 Å². The highest BCUT2D eigenvalue weighted by molar-refractivity contribution is 7.80. The van der Waals surface area contributed by atoms with Crippen LogP contribution in [0.25, 0.3) is 6.08 Å². The van der Waals surface area contributed by atoms with Crippen LogP contribution < -0.4 is 9.47 Å². The molecule has 1 aromatic carbocycles. The highest BCUT2D eigenvalue weighted by Crippen LogP contribution is 2.33. The van der Waals surface area contributed by atoms with Gasteiger partial charge in [-0.3, -0.25) is 9.69 Å². The number of rotatable bonds is 6. The first-order chi connectivity index (χ1) is 14.0. The lowest BCUT2D eigenvalue weighted by molar-refractivity contribution is -0.142. The van der Waals surface area contributed by atoms with Crippen LogP contribution in [0.3, 0.4) is 0 Å². The minimum atomic E-state index is -0.479. The van der Waals surface area contributed by atoms with Gasteiger partial charge in [-0.05, 0) is 48.8 Å². The Balaban J connectivity index is 1.82. The van der Waals surface area contributed by atoms with E-state index in [1.54, 1.807) is 34.1 Å². The van der Waals surface area contributed by atoms with E-state index in [1.165, 1.54) is 20.6 Å². The topological polar surface area (TPSA) is 68.3 Å². The van der Waals surface area contributed by atoms with Gasteiger partial charge in [0.05, 0.1) is 14.2 Å². The molecule has 0 aromatic heterocycles. The SMILES string of the molecule is COC(=O)COc1ccc(/C=C2/C(=O)N(C3CCCCC3)C(=S)N2C)cc1OC. The Kier molecular flexibility index (Phi) is 6.74. The molecule has 0 N–H and O–H groups in total. The van der Waals surface area contributed by atoms with Crippen molar-refractivity contribution >= 4 is 35.3 Å². The number of amides is 1. The van der Waals surface area contributed by atoms with Gasteiger partial charge < -0.3 is 19.1 Å². The van der Waals surface area contributed by atoms with Crippen molar-refractivity contribution in [1.82, 2.24) is 9.80 Å². The Labute approximate surface area is 176 Å². The summed E-state index contributed by atoms with van der Waals surface area (Å²) in [5.41, 5.74) is 1.31. The van der Waals surface area contributed by atoms with Gasteiger partial charge in [0.1, 0.15) is 5.70 Å². The van der Waals surface area contributed by atoms with Crippen molar-refractivity contribution in [2.45, 2.75) is 38.1 Å². The quantitative estimate of drug-likeness (QED) is 0.400. The lowest BCUT2D eigenvalue weighted by Crippen LogP contribution is -2.41. The Hall–Kier alpha value is -2.61. The Morgan fingerprint density at radius 3 is 2.59 bits per heavy atom. The van der Waals surface area contributed by atoms with Crippen molar-refractivity contribution in [3.05, 3.63) is 29.5 Å². The van der Waals surface area contributed by atoms with Crippen LogP contribution in [-0.4, -0.2) is 60.7 Å². The first kappa shape index (κ1) is 21.1. The lowest BCUT2D eigenvalue weighted by atomic mass is 9.94. The summed E-state index contributed by atoms with van der Waals surface area (Å²) in [6, 6.07) is 5.44. The number of methoxy groups -OCH3 is 2. The standard InChI is InChI=1S/C21H26N2O5S/c1-22-16(20(25)23(21(22)29)15-7-5-4-6-8-15)11-14-9-10-17(18(12-14)26-2)28-13-19(24)27-3/h9-12,15H,4-8,13H2,1-3H3/b16-11-. The molecule has 0 atom stereocenters. The number of nitrogens with zero attached hydrogens (tertiary/aromatic N) is 2. The predicted molar refractivity (Wildman–Crippen MR) is 113 cm³/mol. The molecule has 1 saturated carbocycles. The number of hydrogen-bond donors (Lipinski definition) is 0. The van der Waals surface area contributed by atoms with E-state index < -0.39 is 5.97 Å². The van der Waals surface area contributed by atoms with Crippen LogP contribution in [-0.2, 0) is 14.3 Å². The fourth-order valence-electron chi connectivity index (χ4n) is 3.68. The summed E-state index contributed by atoms with van der Waals surface area (Å²) in [7, 11) is 4.64. The minimum Gasteiger partial charge on any atom is -0.493 e. The molecule has 156 valence electrons. The number of ether oxygens (including phenoxy) is 3. The summed E-state index contributed by atoms with van der Waals surface area (Å²) in [4.78, 5) is 27.9. The van der Waals surface area contributed by atoms with Gasteiger partial charge in [0.15, 0.2) is 23.2 Å². The van der Waals surface area contributed by atoms with Crippen molar-refractivity contribution in [3.63, 3.8) is 0 Å². The van der Waals surface area contributed by atoms with E-state index in [-0.39, 0.29) is 18.6 Å². The van der Waals surface area contributed by atoms with Gasteiger partial charge in [-0.15, -0.1) is 0 Å². The monoisotopic (exact) mass is 418 g/mol. The van der Waals surface area contributed by atoms with Gasteiger partial charge in [0.2, 0.25) is 0 Å². The molecule has 1 aliphatic heterocycles. The summed E-state index contributed by atoms with van der Waals surface area (Å²) in [5, 5.41) is 0.554. The van der Waals surface area contributed by atoms with Crippen LogP contribution in [0.5, 0.6) is 11.5 Å². The van der Waals surface area contributed by atoms with Crippen LogP contribution in [0, 0.1) is 0 Å². The number of benzene rings is 1. The van der Waals surface area contributed by atoms with E-state index in [9.17, 15) is 9.59 Å². The summed E-state index contributed by atoms with van der Waals surface area (Å²) < 4.78 is 15.4. The summed E-state index contributed by atoms with van der Waals surface area (Å²) in [6.07, 6.45) is 7.26. The second kappa shape index (κ2) is 9.26. The van der Waals surface area contributed by atoms with E-state index in [2.05, 4.69) is 4.74 Å². The van der Waals surface area contributed by atoms with Crippen molar-refractivity contribution in [2.75, 3.05) is 27.9 Å². The molecule has 2 fully saturated rings. The van der Waals surface area contributed by atoms with E-state index >= 15 is 0 Å². The summed E-state index contributed by atoms with van der Waals surface area (Å²) in [6.45, 7) is -0.209. The van der Waals surface area contributed by atoms with Gasteiger partial charge in [-0.2, -0.15) is 0 Å². The van der Waals surface area contributed by atoms with Crippen molar-refractivity contribution in [3.8, 4) is 11.5 Å². The molecule has 2 aliphatic rings. The van der Waals surface area contributed by atoms with Crippen molar-refractivity contribution < 1.29 is 23.8 Å². The van der Waals surface area contributed by atoms with Gasteiger partial charge in [-0.1, -0.05) is 25.3 Å². The zero-order chi connectivity index (χ0) is 21.0. The molecule has 1 heterocycles. The number of carbonyl (C=O) groups excluding carboxylic acids is 2. The number of likely N-dealkylation sites (N-methyl/N-ethyl adjacent to an activating group) is 1. The van der Waals surface area contributed by atoms with E-state index in [1.807, 2.05) is 7.05 Å². The molecule has 1 aliphatic carbocycles. The average Bonchev–Trinajstić information content (AvgIpc) is 2.96. The average molecular weight is 419 g/mol. The van der Waals surface area contributed by atoms with Crippen molar-refractivity contribution in [1.29, 1.82) is 0 Å². The molecule has 7 nitrogen and oxygen atoms in total. The molecule has 0 radical (unpaired) electrons. The number of hydrogen-bond acceptors (Lipinski definition) is 6. The zero-order valence-electron chi connectivity index (χ0n) is 17.0. The van der Waals surface area contributed by atoms with Gasteiger partial charge in [0, 0.05) is 13.1 Å². The smallest absolute Gasteiger partial charge is 0.343 e. The van der Waals surface area contributed by atoms with Gasteiger partial charge >= 0.3 is 5.97 Å². The third kappa shape index (κ3) is 4.53. The second-order valence-electron chi connectivity index (χ2n) is 7.11. The highest BCUT2D eigenvalue weighted by atomic mass is 32.1. The number of carbonyl (C=O) groups is 2. The molecule has 1 amide bonds. The van der Waals surface area contributed by atoms with Crippen LogP contribution in [0.4, 0.5) is 0 Å². The lowest BCUT2D eigenvalue weighted by Gasteiger charge is -2.30. The van der Waals surface area contributed by atoms with E-state index in [0.29, 0.717) is 22.3 Å². The Morgan fingerprint density at radius 1 is 1.21 bits per heavy atom. The molecule has 1 saturated heterocycles. The maximum atomic E-state index is 13.1. The van der Waals surface area contributed by atoms with E-state index in [4.69, 9.17) is 21.7 Å². The molecule has 0 bridgehead atoms. The number of esters is 1. The number of thiocarbonyl (C=S) groups is 1. The van der Waals surface area contributed by atoms with Crippen LogP contribution in [0.15, 0.2) is 23.9 Å². The summed E-state index contributed by atoms with van der Waals surface area (Å²) >= 11 is 5.56. The van der Waals surface area contributed by atoms with Crippen LogP contribution in [0.1, 0.15) is 37.7 Å². The molecule has 3 rings (SSSR count). The second-order valence-corrected chi connectivity index (χ2v) is 7.48. The van der Waals surface area contributed by atoms with Gasteiger partial charge in [0.25, 0.3) is 5.91 Å². The molecule has 0 spiro atoms. The molecule has 29 heavy (non-hydrogen) atoms. The third-order valence-electron chi connectivity index (χ3n) is 5.30. The Bertz CT molecular complexity index is 832. The molecular formula is C21H26N2O5S. The van der Waals surface area contributed by atoms with Crippen LogP contribution in [0.2, 0.25) is 0 Å². The normalized spacial score (nSPS) is 19.1. The largest absolute Gasteiger partial charge is 0.493 e. The molecular weight excluding hydrogens is 392 g/mol. The predicted octanol–water partition coefficient (Wildman–Crippen LogP) is 2.98. The Morgan fingerprint density at radius 2 is 1.93 bits per heavy atom. The maximum Gasteiger partial charge on any atom is 0.343 e. The fourth-order valence-corrected chi connectivity index (χ4v) is 4.02. The zero-order valence-corrected chi connectivity index (χ0v) is 17.8. The summed E-state index contributed by atoms with van der Waals surface area (Å²) in [5.74, 6) is 0.343. The highest BCUT2D eigenvalue weighted by Gasteiger charge is 2.40. The fraction of sp³-hybridized carbons (Fsp3) is 0.476. The molecule has 1 aromatic rings. The minimum absolute atomic E-state index is 0.0608. The first-order valence-electron chi connectivity index (χ1n) is 9.67. The molecule has 0 unspecified atom stereocenters. The first-order valence-corrected chi connectivity index (χ1v) is 10.1.